The van der Waals surface area contributed by atoms with E-state index in [0.29, 0.717) is 4.74 Å². The van der Waals surface area contributed by atoms with Crippen LogP contribution in [0.5, 0.6) is 0 Å². The van der Waals surface area contributed by atoms with Crippen molar-refractivity contribution in [3.8, 4) is 0 Å². The van der Waals surface area contributed by atoms with E-state index in [1.54, 1.807) is 25.1 Å². The van der Waals surface area contributed by atoms with Crippen molar-refractivity contribution in [2.75, 3.05) is 0 Å². The van der Waals surface area contributed by atoms with Crippen LogP contribution in [0.1, 0.15) is 11.1 Å². The third-order valence-corrected chi connectivity index (χ3v) is 2.41. The van der Waals surface area contributed by atoms with Gasteiger partial charge in [0.25, 0.3) is 5.69 Å². The van der Waals surface area contributed by atoms with E-state index in [0.717, 1.165) is 11.1 Å². The highest BCUT2D eigenvalue weighted by Crippen LogP contribution is 2.17. The zero-order valence-corrected chi connectivity index (χ0v) is 9.43. The maximum Gasteiger partial charge on any atom is 0.252 e. The molecule has 0 aliphatic heterocycles. The molecule has 17 heavy (non-hydrogen) atoms. The van der Waals surface area contributed by atoms with Gasteiger partial charge >= 0.3 is 0 Å². The lowest BCUT2D eigenvalue weighted by molar-refractivity contribution is -0.357. The first-order valence-electron chi connectivity index (χ1n) is 5.29. The Labute approximate surface area is 99.2 Å². The summed E-state index contributed by atoms with van der Waals surface area (Å²) in [5.41, 5.74) is 1.56. The van der Waals surface area contributed by atoms with Crippen molar-refractivity contribution in [1.82, 2.24) is 0 Å². The van der Waals surface area contributed by atoms with Gasteiger partial charge in [-0.3, -0.25) is 0 Å². The predicted molar refractivity (Wildman–Crippen MR) is 66.0 cm³/mol. The SMILES string of the molecule is Cc1ccc([N+]([O-])=Cc2ccccc2)c(F)c1. The van der Waals surface area contributed by atoms with Crippen molar-refractivity contribution in [3.05, 3.63) is 70.7 Å². The van der Waals surface area contributed by atoms with Crippen LogP contribution in [0.3, 0.4) is 0 Å². The van der Waals surface area contributed by atoms with E-state index in [4.69, 9.17) is 0 Å². The van der Waals surface area contributed by atoms with Crippen molar-refractivity contribution in [1.29, 1.82) is 0 Å². The van der Waals surface area contributed by atoms with Gasteiger partial charge in [-0.1, -0.05) is 24.3 Å². The fourth-order valence-corrected chi connectivity index (χ4v) is 1.53. The van der Waals surface area contributed by atoms with Crippen LogP contribution in [-0.4, -0.2) is 11.0 Å². The van der Waals surface area contributed by atoms with Gasteiger partial charge in [-0.15, -0.1) is 0 Å². The third-order valence-electron chi connectivity index (χ3n) is 2.41. The average molecular weight is 229 g/mol. The summed E-state index contributed by atoms with van der Waals surface area (Å²) in [6.07, 6.45) is 1.35. The molecule has 2 rings (SSSR count). The molecule has 0 heterocycles. The Morgan fingerprint density at radius 2 is 1.82 bits per heavy atom. The zero-order chi connectivity index (χ0) is 12.3. The highest BCUT2D eigenvalue weighted by atomic mass is 19.1. The third kappa shape index (κ3) is 2.69. The first kappa shape index (κ1) is 11.3. The smallest absolute Gasteiger partial charge is 0.252 e. The van der Waals surface area contributed by atoms with Crippen molar-refractivity contribution < 1.29 is 9.13 Å². The molecule has 0 bridgehead atoms. The maximum atomic E-state index is 13.5. The van der Waals surface area contributed by atoms with Crippen molar-refractivity contribution in [3.63, 3.8) is 0 Å². The highest BCUT2D eigenvalue weighted by molar-refractivity contribution is 5.76. The van der Waals surface area contributed by atoms with Gasteiger partial charge in [-0.05, 0) is 30.7 Å². The van der Waals surface area contributed by atoms with Crippen LogP contribution in [-0.2, 0) is 0 Å². The van der Waals surface area contributed by atoms with Crippen LogP contribution in [0.25, 0.3) is 0 Å². The van der Waals surface area contributed by atoms with Gasteiger partial charge < -0.3 is 5.21 Å². The van der Waals surface area contributed by atoms with Gasteiger partial charge in [-0.2, -0.15) is 9.13 Å². The molecule has 0 aliphatic rings. The summed E-state index contributed by atoms with van der Waals surface area (Å²) in [4.78, 5) is 0. The monoisotopic (exact) mass is 229 g/mol. The van der Waals surface area contributed by atoms with Gasteiger partial charge in [0.1, 0.15) is 0 Å². The molecule has 0 amide bonds. The van der Waals surface area contributed by atoms with Crippen molar-refractivity contribution >= 4 is 11.9 Å². The van der Waals surface area contributed by atoms with Gasteiger partial charge in [0, 0.05) is 11.6 Å². The van der Waals surface area contributed by atoms with E-state index >= 15 is 0 Å². The minimum absolute atomic E-state index is 0.0273. The molecule has 0 radical (unpaired) electrons. The highest BCUT2D eigenvalue weighted by Gasteiger charge is 2.09. The molecular formula is C14H12FNO. The molecule has 0 spiro atoms. The van der Waals surface area contributed by atoms with Crippen LogP contribution < -0.4 is 0 Å². The largest absolute Gasteiger partial charge is 0.618 e. The van der Waals surface area contributed by atoms with E-state index in [2.05, 4.69) is 0 Å². The topological polar surface area (TPSA) is 26.1 Å². The number of hydrogen-bond acceptors (Lipinski definition) is 1. The average Bonchev–Trinajstić information content (AvgIpc) is 2.30. The summed E-state index contributed by atoms with van der Waals surface area (Å²) in [6, 6.07) is 13.6. The molecule has 0 saturated heterocycles. The number of halogens is 1. The standard InChI is InChI=1S/C14H12FNO/c1-11-7-8-14(13(15)9-11)16(17)10-12-5-3-2-4-6-12/h2-10H,1H3. The molecule has 0 fully saturated rings. The second-order valence-corrected chi connectivity index (χ2v) is 3.82. The molecule has 2 nitrogen and oxygen atoms in total. The second kappa shape index (κ2) is 4.78. The summed E-state index contributed by atoms with van der Waals surface area (Å²) in [6.45, 7) is 1.78. The maximum absolute atomic E-state index is 13.5. The number of nitrogens with zero attached hydrogens (tertiary/aromatic N) is 1. The summed E-state index contributed by atoms with van der Waals surface area (Å²) in [7, 11) is 0. The molecular weight excluding hydrogens is 217 g/mol. The summed E-state index contributed by atoms with van der Waals surface area (Å²) in [5, 5.41) is 11.8. The van der Waals surface area contributed by atoms with E-state index in [1.165, 1.54) is 18.3 Å². The van der Waals surface area contributed by atoms with Crippen molar-refractivity contribution in [2.24, 2.45) is 0 Å². The van der Waals surface area contributed by atoms with E-state index in [1.807, 2.05) is 18.2 Å². The van der Waals surface area contributed by atoms with Gasteiger partial charge in [0.2, 0.25) is 0 Å². The Balaban J connectivity index is 2.37. The Hall–Kier alpha value is -2.16. The van der Waals surface area contributed by atoms with Crippen LogP contribution in [0.2, 0.25) is 0 Å². The minimum Gasteiger partial charge on any atom is -0.618 e. The number of hydrogen-bond donors (Lipinski definition) is 0. The first-order valence-corrected chi connectivity index (χ1v) is 5.29. The van der Waals surface area contributed by atoms with E-state index in [9.17, 15) is 9.60 Å². The Kier molecular flexibility index (Phi) is 3.19. The summed E-state index contributed by atoms with van der Waals surface area (Å²) >= 11 is 0. The molecule has 0 saturated carbocycles. The molecule has 0 aromatic heterocycles. The number of rotatable bonds is 2. The quantitative estimate of drug-likeness (QED) is 0.335. The molecule has 3 heteroatoms. The molecule has 0 atom stereocenters. The molecule has 0 aliphatic carbocycles. The van der Waals surface area contributed by atoms with Crippen LogP contribution in [0.4, 0.5) is 10.1 Å². The fraction of sp³-hybridized carbons (Fsp3) is 0.0714. The van der Waals surface area contributed by atoms with Gasteiger partial charge in [0.15, 0.2) is 12.0 Å². The predicted octanol–water partition coefficient (Wildman–Crippen LogP) is 3.40. The number of benzene rings is 2. The molecule has 2 aromatic carbocycles. The summed E-state index contributed by atoms with van der Waals surface area (Å²) in [5.74, 6) is -0.507. The van der Waals surface area contributed by atoms with Crippen LogP contribution in [0.15, 0.2) is 48.5 Å². The van der Waals surface area contributed by atoms with E-state index in [-0.39, 0.29) is 5.69 Å². The molecule has 0 unspecified atom stereocenters. The van der Waals surface area contributed by atoms with Crippen molar-refractivity contribution in [2.45, 2.75) is 6.92 Å². The lowest BCUT2D eigenvalue weighted by Gasteiger charge is -2.04. The van der Waals surface area contributed by atoms with Gasteiger partial charge in [-0.25, -0.2) is 0 Å². The number of aryl methyl sites for hydroxylation is 1. The first-order chi connectivity index (χ1) is 8.16. The molecule has 86 valence electrons. The van der Waals surface area contributed by atoms with Gasteiger partial charge in [0.05, 0.1) is 0 Å². The molecule has 0 N–H and O–H groups in total. The van der Waals surface area contributed by atoms with E-state index < -0.39 is 5.82 Å². The second-order valence-electron chi connectivity index (χ2n) is 3.82. The lowest BCUT2D eigenvalue weighted by Crippen LogP contribution is -2.01. The lowest BCUT2D eigenvalue weighted by atomic mass is 10.2. The summed E-state index contributed by atoms with van der Waals surface area (Å²) < 4.78 is 14.1. The molecule has 2 aromatic rings. The minimum atomic E-state index is -0.507. The Morgan fingerprint density at radius 1 is 1.12 bits per heavy atom. The fourth-order valence-electron chi connectivity index (χ4n) is 1.53. The zero-order valence-electron chi connectivity index (χ0n) is 9.43. The Bertz CT molecular complexity index is 549. The van der Waals surface area contributed by atoms with Crippen LogP contribution in [0, 0.1) is 17.9 Å². The Morgan fingerprint density at radius 3 is 2.47 bits per heavy atom. The normalized spacial score (nSPS) is 11.5. The van der Waals surface area contributed by atoms with Crippen LogP contribution >= 0.6 is 0 Å².